The molecule has 0 spiro atoms. The van der Waals surface area contributed by atoms with Crippen molar-refractivity contribution < 1.29 is 22.3 Å². The van der Waals surface area contributed by atoms with Gasteiger partial charge in [0, 0.05) is 25.4 Å². The molecule has 3 aromatic rings. The molecule has 5 rings (SSSR count). The molecule has 10 heteroatoms. The van der Waals surface area contributed by atoms with Crippen LogP contribution in [0, 0.1) is 12.7 Å². The van der Waals surface area contributed by atoms with Crippen LogP contribution in [-0.2, 0) is 31.8 Å². The van der Waals surface area contributed by atoms with Crippen LogP contribution in [0.4, 0.5) is 4.39 Å². The van der Waals surface area contributed by atoms with E-state index in [9.17, 15) is 12.8 Å². The lowest BCUT2D eigenvalue weighted by Gasteiger charge is -2.26. The van der Waals surface area contributed by atoms with Gasteiger partial charge in [0.2, 0.25) is 10.0 Å². The number of ether oxygens (including phenoxy) is 2. The Kier molecular flexibility index (Phi) is 6.95. The molecule has 2 aromatic carbocycles. The summed E-state index contributed by atoms with van der Waals surface area (Å²) in [5.41, 5.74) is 3.44. The molecule has 2 aliphatic rings. The molecule has 34 heavy (non-hydrogen) atoms. The molecule has 0 bridgehead atoms. The summed E-state index contributed by atoms with van der Waals surface area (Å²) in [6, 6.07) is 9.95. The first-order chi connectivity index (χ1) is 16.4. The summed E-state index contributed by atoms with van der Waals surface area (Å²) in [6.07, 6.45) is 2.12. The van der Waals surface area contributed by atoms with Crippen molar-refractivity contribution in [1.29, 1.82) is 0 Å². The second-order valence-corrected chi connectivity index (χ2v) is 11.5. The molecular weight excluding hydrogens is 477 g/mol. The van der Waals surface area contributed by atoms with E-state index in [1.807, 2.05) is 13.0 Å². The summed E-state index contributed by atoms with van der Waals surface area (Å²) in [7, 11) is -3.61. The number of halogens is 1. The van der Waals surface area contributed by atoms with Crippen molar-refractivity contribution in [1.82, 2.24) is 13.9 Å². The van der Waals surface area contributed by atoms with Gasteiger partial charge in [-0.15, -0.1) is 0 Å². The third kappa shape index (κ3) is 4.87. The van der Waals surface area contributed by atoms with E-state index in [1.54, 1.807) is 24.3 Å². The standard InChI is InChI=1S/C24H28FN3O4S2/c1-17-4-5-19(25)13-18(17)16-33-24-26-22-14-21(34(29,30)27-8-11-31-12-9-27)6-7-23(22)28(24)15-20-3-2-10-32-20/h4-7,13-14,20H,2-3,8-12,15-16H2,1H3. The summed E-state index contributed by atoms with van der Waals surface area (Å²) >= 11 is 1.53. The zero-order chi connectivity index (χ0) is 23.7. The monoisotopic (exact) mass is 505 g/mol. The van der Waals surface area contributed by atoms with Gasteiger partial charge in [-0.2, -0.15) is 4.31 Å². The average molecular weight is 506 g/mol. The Morgan fingerprint density at radius 1 is 1.15 bits per heavy atom. The van der Waals surface area contributed by atoms with Crippen molar-refractivity contribution >= 4 is 32.8 Å². The van der Waals surface area contributed by atoms with Gasteiger partial charge in [-0.1, -0.05) is 17.8 Å². The molecule has 0 saturated carbocycles. The third-order valence-electron chi connectivity index (χ3n) is 6.37. The van der Waals surface area contributed by atoms with Crippen molar-refractivity contribution in [2.75, 3.05) is 32.9 Å². The minimum Gasteiger partial charge on any atom is -0.379 e. The van der Waals surface area contributed by atoms with Crippen LogP contribution in [0.3, 0.4) is 0 Å². The van der Waals surface area contributed by atoms with Crippen molar-refractivity contribution in [3.8, 4) is 0 Å². The van der Waals surface area contributed by atoms with Crippen LogP contribution >= 0.6 is 11.8 Å². The predicted molar refractivity (Wildman–Crippen MR) is 129 cm³/mol. The Hall–Kier alpha value is -1.98. The Morgan fingerprint density at radius 2 is 1.97 bits per heavy atom. The lowest BCUT2D eigenvalue weighted by atomic mass is 10.1. The Bertz CT molecular complexity index is 1280. The van der Waals surface area contributed by atoms with Gasteiger partial charge in [0.1, 0.15) is 5.82 Å². The van der Waals surface area contributed by atoms with E-state index in [1.165, 1.54) is 22.1 Å². The Morgan fingerprint density at radius 3 is 2.74 bits per heavy atom. The highest BCUT2D eigenvalue weighted by atomic mass is 32.2. The topological polar surface area (TPSA) is 73.7 Å². The summed E-state index contributed by atoms with van der Waals surface area (Å²) in [5, 5.41) is 0.773. The fourth-order valence-electron chi connectivity index (χ4n) is 4.40. The number of rotatable bonds is 7. The van der Waals surface area contributed by atoms with E-state index in [0.717, 1.165) is 41.2 Å². The maximum Gasteiger partial charge on any atom is 0.243 e. The zero-order valence-corrected chi connectivity index (χ0v) is 20.7. The molecule has 3 heterocycles. The molecule has 7 nitrogen and oxygen atoms in total. The van der Waals surface area contributed by atoms with Crippen LogP contribution in [0.1, 0.15) is 24.0 Å². The number of sulfonamides is 1. The lowest BCUT2D eigenvalue weighted by molar-refractivity contribution is 0.0730. The van der Waals surface area contributed by atoms with E-state index >= 15 is 0 Å². The van der Waals surface area contributed by atoms with Gasteiger partial charge in [0.05, 0.1) is 41.8 Å². The number of hydrogen-bond acceptors (Lipinski definition) is 6. The smallest absolute Gasteiger partial charge is 0.243 e. The molecule has 1 atom stereocenters. The first kappa shape index (κ1) is 23.7. The maximum absolute atomic E-state index is 13.8. The molecule has 1 aromatic heterocycles. The molecule has 182 valence electrons. The van der Waals surface area contributed by atoms with Gasteiger partial charge in [-0.25, -0.2) is 17.8 Å². The van der Waals surface area contributed by atoms with Crippen LogP contribution in [0.15, 0.2) is 46.5 Å². The van der Waals surface area contributed by atoms with Crippen LogP contribution < -0.4 is 0 Å². The van der Waals surface area contributed by atoms with Crippen molar-refractivity contribution in [3.05, 3.63) is 53.3 Å². The minimum absolute atomic E-state index is 0.101. The van der Waals surface area contributed by atoms with Crippen LogP contribution in [-0.4, -0.2) is 61.3 Å². The second-order valence-electron chi connectivity index (χ2n) is 8.67. The van der Waals surface area contributed by atoms with Crippen LogP contribution in [0.5, 0.6) is 0 Å². The quantitative estimate of drug-likeness (QED) is 0.453. The molecule has 0 radical (unpaired) electrons. The lowest BCUT2D eigenvalue weighted by Crippen LogP contribution is -2.40. The highest BCUT2D eigenvalue weighted by Gasteiger charge is 2.28. The van der Waals surface area contributed by atoms with Crippen LogP contribution in [0.25, 0.3) is 11.0 Å². The predicted octanol–water partition coefficient (Wildman–Crippen LogP) is 3.98. The zero-order valence-electron chi connectivity index (χ0n) is 19.1. The largest absolute Gasteiger partial charge is 0.379 e. The minimum atomic E-state index is -3.61. The van der Waals surface area contributed by atoms with Gasteiger partial charge in [-0.3, -0.25) is 0 Å². The van der Waals surface area contributed by atoms with Crippen molar-refractivity contribution in [2.45, 2.75) is 48.2 Å². The van der Waals surface area contributed by atoms with Crippen molar-refractivity contribution in [3.63, 3.8) is 0 Å². The number of aromatic nitrogens is 2. The first-order valence-corrected chi connectivity index (χ1v) is 13.9. The summed E-state index contributed by atoms with van der Waals surface area (Å²) in [5.74, 6) is 0.309. The van der Waals surface area contributed by atoms with Gasteiger partial charge in [0.15, 0.2) is 5.16 Å². The summed E-state index contributed by atoms with van der Waals surface area (Å²) < 4.78 is 54.8. The number of morpholine rings is 1. The van der Waals surface area contributed by atoms with Gasteiger partial charge < -0.3 is 14.0 Å². The van der Waals surface area contributed by atoms with Crippen LogP contribution in [0.2, 0.25) is 0 Å². The number of thioether (sulfide) groups is 1. The molecule has 1 unspecified atom stereocenters. The number of benzene rings is 2. The fourth-order valence-corrected chi connectivity index (χ4v) is 6.92. The highest BCUT2D eigenvalue weighted by molar-refractivity contribution is 7.98. The van der Waals surface area contributed by atoms with E-state index in [0.29, 0.717) is 44.1 Å². The number of hydrogen-bond donors (Lipinski definition) is 0. The molecule has 0 amide bonds. The number of fused-ring (bicyclic) bond motifs is 1. The number of nitrogens with zero attached hydrogens (tertiary/aromatic N) is 3. The highest BCUT2D eigenvalue weighted by Crippen LogP contribution is 2.31. The average Bonchev–Trinajstić information content (AvgIpc) is 3.48. The van der Waals surface area contributed by atoms with Gasteiger partial charge >= 0.3 is 0 Å². The van der Waals surface area contributed by atoms with E-state index in [4.69, 9.17) is 14.5 Å². The van der Waals surface area contributed by atoms with E-state index in [-0.39, 0.29) is 16.8 Å². The summed E-state index contributed by atoms with van der Waals surface area (Å²) in [4.78, 5) is 5.05. The molecule has 2 aliphatic heterocycles. The molecule has 0 aliphatic carbocycles. The number of imidazole rings is 1. The second kappa shape index (κ2) is 9.94. The fraction of sp³-hybridized carbons (Fsp3) is 0.458. The normalized spacial score (nSPS) is 19.8. The number of aryl methyl sites for hydroxylation is 1. The maximum atomic E-state index is 13.8. The van der Waals surface area contributed by atoms with E-state index < -0.39 is 10.0 Å². The van der Waals surface area contributed by atoms with Gasteiger partial charge in [-0.05, 0) is 61.2 Å². The summed E-state index contributed by atoms with van der Waals surface area (Å²) in [6.45, 7) is 4.87. The first-order valence-electron chi connectivity index (χ1n) is 11.5. The van der Waals surface area contributed by atoms with E-state index in [2.05, 4.69) is 4.57 Å². The Labute approximate surface area is 203 Å². The molecular formula is C24H28FN3O4S2. The molecule has 2 fully saturated rings. The molecule has 0 N–H and O–H groups in total. The van der Waals surface area contributed by atoms with Gasteiger partial charge in [0.25, 0.3) is 0 Å². The Balaban J connectivity index is 1.48. The third-order valence-corrected chi connectivity index (χ3v) is 9.29. The molecule has 2 saturated heterocycles. The SMILES string of the molecule is Cc1ccc(F)cc1CSc1nc2cc(S(=O)(=O)N3CCOCC3)ccc2n1CC1CCCO1. The van der Waals surface area contributed by atoms with Crippen molar-refractivity contribution in [2.24, 2.45) is 0 Å².